The zero-order valence-corrected chi connectivity index (χ0v) is 18.8. The molecule has 0 atom stereocenters. The summed E-state index contributed by atoms with van der Waals surface area (Å²) in [5.74, 6) is 1.88. The van der Waals surface area contributed by atoms with Crippen LogP contribution < -0.4 is 20.5 Å². The second-order valence-electron chi connectivity index (χ2n) is 6.67. The molecule has 0 amide bonds. The molecule has 0 saturated heterocycles. The van der Waals surface area contributed by atoms with Crippen LogP contribution in [-0.4, -0.2) is 28.2 Å². The zero-order valence-electron chi connectivity index (χ0n) is 17.2. The van der Waals surface area contributed by atoms with E-state index in [1.165, 1.54) is 0 Å². The van der Waals surface area contributed by atoms with Crippen molar-refractivity contribution in [3.63, 3.8) is 0 Å². The number of rotatable bonds is 7. The van der Waals surface area contributed by atoms with Crippen molar-refractivity contribution < 1.29 is 9.47 Å². The molecule has 0 unspecified atom stereocenters. The van der Waals surface area contributed by atoms with Crippen molar-refractivity contribution >= 4 is 44.3 Å². The molecule has 0 bridgehead atoms. The molecule has 0 aliphatic heterocycles. The van der Waals surface area contributed by atoms with Gasteiger partial charge in [0.05, 0.1) is 18.7 Å². The Hall–Kier alpha value is -3.39. The average molecular weight is 480 g/mol. The fourth-order valence-corrected chi connectivity index (χ4v) is 3.63. The lowest BCUT2D eigenvalue weighted by Crippen LogP contribution is -2.02. The summed E-state index contributed by atoms with van der Waals surface area (Å²) in [7, 11) is 0. The standard InChI is InChI=1S/C23H22BrN5O2/c1-3-30-20-11-9-17(22(28-20)31-4-2)14-8-10-19-18(12-14)21(29-23(25)27-19)26-16-7-5-6-15(24)13-16/h5-13H,3-4H2,1-2H3,(H3,25,26,27,29). The number of hydrogen-bond acceptors (Lipinski definition) is 7. The maximum Gasteiger partial charge on any atom is 0.224 e. The van der Waals surface area contributed by atoms with Crippen molar-refractivity contribution in [3.05, 3.63) is 59.1 Å². The first-order valence-corrected chi connectivity index (χ1v) is 10.7. The summed E-state index contributed by atoms with van der Waals surface area (Å²) >= 11 is 3.49. The number of hydrogen-bond donors (Lipinski definition) is 2. The number of nitrogens with one attached hydrogen (secondary N) is 1. The van der Waals surface area contributed by atoms with Crippen LogP contribution in [0, 0.1) is 0 Å². The van der Waals surface area contributed by atoms with Gasteiger partial charge in [-0.3, -0.25) is 0 Å². The molecule has 0 saturated carbocycles. The molecule has 0 spiro atoms. The summed E-state index contributed by atoms with van der Waals surface area (Å²) < 4.78 is 12.3. The first-order valence-electron chi connectivity index (χ1n) is 9.94. The highest BCUT2D eigenvalue weighted by Gasteiger charge is 2.14. The number of anilines is 3. The minimum absolute atomic E-state index is 0.204. The Morgan fingerprint density at radius 2 is 1.77 bits per heavy atom. The minimum atomic E-state index is 0.204. The highest BCUT2D eigenvalue weighted by Crippen LogP contribution is 2.34. The summed E-state index contributed by atoms with van der Waals surface area (Å²) in [6.07, 6.45) is 0. The van der Waals surface area contributed by atoms with Gasteiger partial charge in [-0.05, 0) is 55.8 Å². The Kier molecular flexibility index (Phi) is 6.18. The van der Waals surface area contributed by atoms with Gasteiger partial charge in [0.25, 0.3) is 0 Å². The van der Waals surface area contributed by atoms with Gasteiger partial charge in [-0.2, -0.15) is 9.97 Å². The normalized spacial score (nSPS) is 10.8. The Morgan fingerprint density at radius 1 is 0.935 bits per heavy atom. The predicted octanol–water partition coefficient (Wildman–Crippen LogP) is 5.58. The Bertz CT molecular complexity index is 1230. The first kappa shape index (κ1) is 20.9. The number of nitrogen functional groups attached to an aromatic ring is 1. The van der Waals surface area contributed by atoms with E-state index >= 15 is 0 Å². The summed E-state index contributed by atoms with van der Waals surface area (Å²) in [5.41, 5.74) is 9.36. The second kappa shape index (κ2) is 9.18. The SMILES string of the molecule is CCOc1ccc(-c2ccc3nc(N)nc(Nc4cccc(Br)c4)c3c2)c(OCC)n1. The molecule has 8 heteroatoms. The monoisotopic (exact) mass is 479 g/mol. The number of fused-ring (bicyclic) bond motifs is 1. The molecule has 0 radical (unpaired) electrons. The van der Waals surface area contributed by atoms with E-state index in [0.717, 1.165) is 32.2 Å². The Balaban J connectivity index is 1.81. The van der Waals surface area contributed by atoms with Crippen LogP contribution in [0.15, 0.2) is 59.1 Å². The maximum absolute atomic E-state index is 5.95. The fraction of sp³-hybridized carbons (Fsp3) is 0.174. The molecule has 4 rings (SSSR count). The zero-order chi connectivity index (χ0) is 21.8. The van der Waals surface area contributed by atoms with E-state index < -0.39 is 0 Å². The van der Waals surface area contributed by atoms with E-state index in [9.17, 15) is 0 Å². The molecule has 2 aromatic carbocycles. The topological polar surface area (TPSA) is 95.2 Å². The molecule has 3 N–H and O–H groups in total. The van der Waals surface area contributed by atoms with Crippen molar-refractivity contribution in [2.75, 3.05) is 24.3 Å². The van der Waals surface area contributed by atoms with Gasteiger partial charge in [0, 0.05) is 27.2 Å². The van der Waals surface area contributed by atoms with Gasteiger partial charge in [-0.15, -0.1) is 0 Å². The van der Waals surface area contributed by atoms with Crippen molar-refractivity contribution in [3.8, 4) is 22.9 Å². The summed E-state index contributed by atoms with van der Waals surface area (Å²) in [5, 5.41) is 4.18. The van der Waals surface area contributed by atoms with E-state index in [0.29, 0.717) is 30.8 Å². The van der Waals surface area contributed by atoms with E-state index in [1.807, 2.05) is 68.4 Å². The number of pyridine rings is 1. The minimum Gasteiger partial charge on any atom is -0.478 e. The second-order valence-corrected chi connectivity index (χ2v) is 7.58. The van der Waals surface area contributed by atoms with E-state index in [1.54, 1.807) is 0 Å². The highest BCUT2D eigenvalue weighted by molar-refractivity contribution is 9.10. The van der Waals surface area contributed by atoms with Crippen LogP contribution in [0.5, 0.6) is 11.8 Å². The Labute approximate surface area is 188 Å². The fourth-order valence-electron chi connectivity index (χ4n) is 3.23. The van der Waals surface area contributed by atoms with Crippen LogP contribution in [0.2, 0.25) is 0 Å². The number of ether oxygens (including phenoxy) is 2. The van der Waals surface area contributed by atoms with Crippen molar-refractivity contribution in [1.29, 1.82) is 0 Å². The van der Waals surface area contributed by atoms with Crippen molar-refractivity contribution in [2.45, 2.75) is 13.8 Å². The number of benzene rings is 2. The van der Waals surface area contributed by atoms with Crippen LogP contribution in [0.3, 0.4) is 0 Å². The summed E-state index contributed by atoms with van der Waals surface area (Å²) in [6, 6.07) is 17.5. The smallest absolute Gasteiger partial charge is 0.224 e. The van der Waals surface area contributed by atoms with Crippen LogP contribution >= 0.6 is 15.9 Å². The molecule has 31 heavy (non-hydrogen) atoms. The summed E-state index contributed by atoms with van der Waals surface area (Å²) in [6.45, 7) is 4.89. The largest absolute Gasteiger partial charge is 0.478 e. The van der Waals surface area contributed by atoms with Crippen molar-refractivity contribution in [2.24, 2.45) is 0 Å². The summed E-state index contributed by atoms with van der Waals surface area (Å²) in [4.78, 5) is 13.3. The molecular formula is C23H22BrN5O2. The van der Waals surface area contributed by atoms with Gasteiger partial charge in [-0.1, -0.05) is 28.1 Å². The molecule has 0 aliphatic rings. The quantitative estimate of drug-likeness (QED) is 0.357. The van der Waals surface area contributed by atoms with Gasteiger partial charge in [-0.25, -0.2) is 4.98 Å². The van der Waals surface area contributed by atoms with E-state index in [4.69, 9.17) is 15.2 Å². The number of nitrogens with zero attached hydrogens (tertiary/aromatic N) is 3. The molecule has 0 aliphatic carbocycles. The van der Waals surface area contributed by atoms with Gasteiger partial charge < -0.3 is 20.5 Å². The average Bonchev–Trinajstić information content (AvgIpc) is 2.74. The molecular weight excluding hydrogens is 458 g/mol. The first-order chi connectivity index (χ1) is 15.1. The lowest BCUT2D eigenvalue weighted by molar-refractivity contribution is 0.300. The van der Waals surface area contributed by atoms with Crippen LogP contribution in [-0.2, 0) is 0 Å². The lowest BCUT2D eigenvalue weighted by atomic mass is 10.0. The van der Waals surface area contributed by atoms with Gasteiger partial charge >= 0.3 is 0 Å². The number of nitrogens with two attached hydrogens (primary N) is 1. The van der Waals surface area contributed by atoms with E-state index in [-0.39, 0.29) is 5.95 Å². The van der Waals surface area contributed by atoms with Gasteiger partial charge in [0.15, 0.2) is 0 Å². The molecule has 4 aromatic rings. The third kappa shape index (κ3) is 4.69. The molecule has 158 valence electrons. The number of halogens is 1. The molecule has 2 heterocycles. The molecule has 0 fully saturated rings. The van der Waals surface area contributed by atoms with Crippen LogP contribution in [0.4, 0.5) is 17.5 Å². The lowest BCUT2D eigenvalue weighted by Gasteiger charge is -2.14. The highest BCUT2D eigenvalue weighted by atomic mass is 79.9. The van der Waals surface area contributed by atoms with Crippen LogP contribution in [0.25, 0.3) is 22.0 Å². The molecule has 7 nitrogen and oxygen atoms in total. The maximum atomic E-state index is 5.95. The third-order valence-electron chi connectivity index (χ3n) is 4.52. The van der Waals surface area contributed by atoms with E-state index in [2.05, 4.69) is 36.2 Å². The Morgan fingerprint density at radius 3 is 2.55 bits per heavy atom. The van der Waals surface area contributed by atoms with Crippen LogP contribution in [0.1, 0.15) is 13.8 Å². The van der Waals surface area contributed by atoms with Gasteiger partial charge in [0.2, 0.25) is 17.7 Å². The van der Waals surface area contributed by atoms with Gasteiger partial charge in [0.1, 0.15) is 5.82 Å². The predicted molar refractivity (Wildman–Crippen MR) is 127 cm³/mol. The third-order valence-corrected chi connectivity index (χ3v) is 5.01. The molecule has 2 aromatic heterocycles. The number of aromatic nitrogens is 3. The van der Waals surface area contributed by atoms with Crippen molar-refractivity contribution in [1.82, 2.24) is 15.0 Å².